The van der Waals surface area contributed by atoms with E-state index >= 15 is 0 Å². The van der Waals surface area contributed by atoms with Crippen molar-refractivity contribution in [1.82, 2.24) is 4.90 Å². The molecule has 7 heteroatoms. The number of carboxylic acid groups (broad SMARTS) is 1. The van der Waals surface area contributed by atoms with Crippen molar-refractivity contribution in [3.05, 3.63) is 35.4 Å². The lowest BCUT2D eigenvalue weighted by atomic mass is 9.98. The minimum atomic E-state index is -1.98. The molecule has 1 aromatic rings. The third-order valence-electron chi connectivity index (χ3n) is 5.41. The summed E-state index contributed by atoms with van der Waals surface area (Å²) in [5.41, 5.74) is 0.635. The number of alkyl halides is 2. The first-order valence-electron chi connectivity index (χ1n) is 9.41. The molecule has 1 N–H and O–H groups in total. The van der Waals surface area contributed by atoms with Crippen LogP contribution in [0.2, 0.25) is 0 Å². The van der Waals surface area contributed by atoms with Crippen LogP contribution < -0.4 is 0 Å². The number of hydrogen-bond acceptors (Lipinski definition) is 3. The van der Waals surface area contributed by atoms with Gasteiger partial charge in [0.05, 0.1) is 6.54 Å². The van der Waals surface area contributed by atoms with Crippen molar-refractivity contribution in [2.24, 2.45) is 4.99 Å². The molecule has 1 aliphatic carbocycles. The van der Waals surface area contributed by atoms with Gasteiger partial charge >= 0.3 is 5.97 Å². The number of amides is 1. The normalized spacial score (nSPS) is 19.0. The zero-order chi connectivity index (χ0) is 19.7. The molecule has 0 atom stereocenters. The lowest BCUT2D eigenvalue weighted by Crippen LogP contribution is -2.40. The number of halogens is 2. The van der Waals surface area contributed by atoms with E-state index in [1.807, 2.05) is 4.90 Å². The fourth-order valence-corrected chi connectivity index (χ4v) is 4.08. The molecule has 0 unspecified atom stereocenters. The fraction of sp³-hybridized carbons (Fsp3) is 0.550. The maximum atomic E-state index is 13.1. The highest BCUT2D eigenvalue weighted by Gasteiger charge is 2.49. The molecule has 0 aromatic heterocycles. The van der Waals surface area contributed by atoms with Crippen molar-refractivity contribution in [2.45, 2.75) is 68.3 Å². The van der Waals surface area contributed by atoms with E-state index in [4.69, 9.17) is 33.3 Å². The highest BCUT2D eigenvalue weighted by atomic mass is 35.5. The number of carbonyl (C=O) groups is 2. The van der Waals surface area contributed by atoms with E-state index in [0.29, 0.717) is 12.1 Å². The van der Waals surface area contributed by atoms with Gasteiger partial charge in [-0.1, -0.05) is 73.7 Å². The maximum Gasteiger partial charge on any atom is 0.344 e. The third kappa shape index (κ3) is 3.85. The van der Waals surface area contributed by atoms with Crippen molar-refractivity contribution in [1.29, 1.82) is 0 Å². The van der Waals surface area contributed by atoms with Crippen molar-refractivity contribution >= 4 is 40.9 Å². The van der Waals surface area contributed by atoms with Crippen molar-refractivity contribution in [3.8, 4) is 0 Å². The van der Waals surface area contributed by atoms with Gasteiger partial charge in [0.1, 0.15) is 11.4 Å². The monoisotopic (exact) mass is 410 g/mol. The summed E-state index contributed by atoms with van der Waals surface area (Å²) < 4.78 is -1.98. The van der Waals surface area contributed by atoms with E-state index in [-0.39, 0.29) is 5.91 Å². The Hall–Kier alpha value is -1.59. The van der Waals surface area contributed by atoms with E-state index < -0.39 is 15.8 Å². The second kappa shape index (κ2) is 7.80. The van der Waals surface area contributed by atoms with Gasteiger partial charge in [0.2, 0.25) is 4.33 Å². The average Bonchev–Trinajstić information content (AvgIpc) is 3.21. The van der Waals surface area contributed by atoms with Gasteiger partial charge in [0.25, 0.3) is 5.91 Å². The maximum absolute atomic E-state index is 13.1. The Labute approximate surface area is 169 Å². The second-order valence-corrected chi connectivity index (χ2v) is 8.67. The van der Waals surface area contributed by atoms with Gasteiger partial charge in [0, 0.05) is 6.42 Å². The Kier molecular flexibility index (Phi) is 5.82. The minimum Gasteiger partial charge on any atom is -0.479 e. The number of hydrogen-bond donors (Lipinski definition) is 1. The van der Waals surface area contributed by atoms with Gasteiger partial charge in [-0.25, -0.2) is 4.79 Å². The van der Waals surface area contributed by atoms with Gasteiger partial charge in [-0.15, -0.1) is 0 Å². The molecule has 0 radical (unpaired) electrons. The summed E-state index contributed by atoms with van der Waals surface area (Å²) in [7, 11) is 0. The Morgan fingerprint density at radius 2 is 1.89 bits per heavy atom. The molecule has 1 fully saturated rings. The molecular weight excluding hydrogens is 387 g/mol. The topological polar surface area (TPSA) is 70.0 Å². The largest absolute Gasteiger partial charge is 0.479 e. The number of carbonyl (C=O) groups excluding carboxylic acids is 1. The van der Waals surface area contributed by atoms with E-state index in [9.17, 15) is 9.59 Å². The predicted octanol–water partition coefficient (Wildman–Crippen LogP) is 4.65. The first-order chi connectivity index (χ1) is 12.8. The summed E-state index contributed by atoms with van der Waals surface area (Å²) in [6.07, 6.45) is 6.59. The number of benzene rings is 1. The zero-order valence-corrected chi connectivity index (χ0v) is 16.9. The Morgan fingerprint density at radius 1 is 1.26 bits per heavy atom. The number of nitrogens with zero attached hydrogens (tertiary/aromatic N) is 2. The molecular formula is C20H24Cl2N2O3. The Balaban J connectivity index is 1.80. The van der Waals surface area contributed by atoms with Crippen LogP contribution in [-0.4, -0.2) is 33.3 Å². The standard InChI is InChI=1S/C20H24Cl2N2O3/c1-2-3-6-16-23-19(11-4-5-12-19)17(25)24(16)13-14-7-9-15(10-8-14)20(21,22)18(26)27/h7-10H,2-6,11-13H2,1H3,(H,26,27). The Bertz CT molecular complexity index is 753. The van der Waals surface area contributed by atoms with E-state index in [1.54, 1.807) is 24.3 Å². The molecule has 1 aromatic carbocycles. The number of aliphatic imine (C=N–C) groups is 1. The number of rotatable bonds is 7. The van der Waals surface area contributed by atoms with Gasteiger partial charge in [-0.3, -0.25) is 14.7 Å². The quantitative estimate of drug-likeness (QED) is 0.665. The minimum absolute atomic E-state index is 0.102. The lowest BCUT2D eigenvalue weighted by Gasteiger charge is -2.23. The first-order valence-corrected chi connectivity index (χ1v) is 10.2. The van der Waals surface area contributed by atoms with E-state index in [2.05, 4.69) is 6.92 Å². The molecule has 1 saturated carbocycles. The molecule has 2 aliphatic rings. The summed E-state index contributed by atoms with van der Waals surface area (Å²) in [6.45, 7) is 2.55. The number of unbranched alkanes of at least 4 members (excludes halogenated alkanes) is 1. The van der Waals surface area contributed by atoms with Crippen LogP contribution in [-0.2, 0) is 20.5 Å². The van der Waals surface area contributed by atoms with Crippen LogP contribution in [0.25, 0.3) is 0 Å². The van der Waals surface area contributed by atoms with Crippen LogP contribution in [0.15, 0.2) is 29.3 Å². The van der Waals surface area contributed by atoms with E-state index in [0.717, 1.165) is 56.3 Å². The zero-order valence-electron chi connectivity index (χ0n) is 15.4. The molecule has 0 saturated heterocycles. The molecule has 0 bridgehead atoms. The molecule has 27 heavy (non-hydrogen) atoms. The van der Waals surface area contributed by atoms with E-state index in [1.165, 1.54) is 0 Å². The second-order valence-electron chi connectivity index (χ2n) is 7.34. The van der Waals surface area contributed by atoms with Crippen LogP contribution in [0.3, 0.4) is 0 Å². The van der Waals surface area contributed by atoms with Crippen LogP contribution in [0.5, 0.6) is 0 Å². The highest BCUT2D eigenvalue weighted by molar-refractivity contribution is 6.56. The molecule has 1 spiro atoms. The number of amidine groups is 1. The highest BCUT2D eigenvalue weighted by Crippen LogP contribution is 2.40. The molecule has 146 valence electrons. The first kappa shape index (κ1) is 20.2. The van der Waals surface area contributed by atoms with Gasteiger partial charge in [-0.2, -0.15) is 0 Å². The molecule has 5 nitrogen and oxygen atoms in total. The van der Waals surface area contributed by atoms with Crippen LogP contribution in [0, 0.1) is 0 Å². The summed E-state index contributed by atoms with van der Waals surface area (Å²) in [5, 5.41) is 9.13. The third-order valence-corrected chi connectivity index (χ3v) is 6.17. The summed E-state index contributed by atoms with van der Waals surface area (Å²) in [6, 6.07) is 6.72. The summed E-state index contributed by atoms with van der Waals surface area (Å²) in [4.78, 5) is 31.0. The smallest absolute Gasteiger partial charge is 0.344 e. The molecule has 1 heterocycles. The molecule has 1 aliphatic heterocycles. The lowest BCUT2D eigenvalue weighted by molar-refractivity contribution is -0.138. The van der Waals surface area contributed by atoms with Crippen LogP contribution >= 0.6 is 23.2 Å². The average molecular weight is 411 g/mol. The summed E-state index contributed by atoms with van der Waals surface area (Å²) >= 11 is 11.8. The fourth-order valence-electron chi connectivity index (χ4n) is 3.82. The SMILES string of the molecule is CCCCC1=NC2(CCCC2)C(=O)N1Cc1ccc(C(Cl)(Cl)C(=O)O)cc1. The van der Waals surface area contributed by atoms with Crippen LogP contribution in [0.1, 0.15) is 63.0 Å². The summed E-state index contributed by atoms with van der Waals surface area (Å²) in [5.74, 6) is -0.336. The van der Waals surface area contributed by atoms with Crippen molar-refractivity contribution in [2.75, 3.05) is 0 Å². The van der Waals surface area contributed by atoms with Gasteiger partial charge in [0.15, 0.2) is 0 Å². The van der Waals surface area contributed by atoms with Crippen molar-refractivity contribution in [3.63, 3.8) is 0 Å². The Morgan fingerprint density at radius 3 is 2.44 bits per heavy atom. The van der Waals surface area contributed by atoms with Gasteiger partial charge in [-0.05, 0) is 30.4 Å². The number of aliphatic carboxylic acids is 1. The molecule has 3 rings (SSSR count). The van der Waals surface area contributed by atoms with Crippen LogP contribution in [0.4, 0.5) is 0 Å². The predicted molar refractivity (Wildman–Crippen MR) is 106 cm³/mol. The van der Waals surface area contributed by atoms with Gasteiger partial charge < -0.3 is 5.11 Å². The number of carboxylic acids is 1. The molecule has 1 amide bonds. The van der Waals surface area contributed by atoms with Crippen molar-refractivity contribution < 1.29 is 14.7 Å².